The number of carbonyl (C=O) groups is 2. The maximum absolute atomic E-state index is 12.1. The number of benzene rings is 1. The molecule has 0 aliphatic heterocycles. The minimum absolute atomic E-state index is 0.160. The molecule has 5 nitrogen and oxygen atoms in total. The zero-order valence-corrected chi connectivity index (χ0v) is 13.1. The Balaban J connectivity index is 2.53. The van der Waals surface area contributed by atoms with E-state index in [1.165, 1.54) is 6.20 Å². The fraction of sp³-hybridized carbons (Fsp3) is 0.312. The summed E-state index contributed by atoms with van der Waals surface area (Å²) in [7, 11) is 0. The van der Waals surface area contributed by atoms with Crippen molar-refractivity contribution in [1.29, 1.82) is 0 Å². The predicted octanol–water partition coefficient (Wildman–Crippen LogP) is 3.10. The quantitative estimate of drug-likeness (QED) is 0.625. The highest BCUT2D eigenvalue weighted by Gasteiger charge is 2.34. The first-order valence-corrected chi connectivity index (χ1v) is 7.34. The fourth-order valence-corrected chi connectivity index (χ4v) is 2.44. The summed E-state index contributed by atoms with van der Waals surface area (Å²) < 4.78 is 9.93. The van der Waals surface area contributed by atoms with Crippen molar-refractivity contribution in [2.45, 2.75) is 19.8 Å². The van der Waals surface area contributed by atoms with E-state index in [0.29, 0.717) is 15.9 Å². The van der Waals surface area contributed by atoms with Crippen LogP contribution < -0.4 is 0 Å². The third kappa shape index (κ3) is 3.20. The van der Waals surface area contributed by atoms with Gasteiger partial charge in [-0.3, -0.25) is 14.6 Å². The maximum atomic E-state index is 12.1. The molecule has 2 rings (SSSR count). The second-order valence-electron chi connectivity index (χ2n) is 4.48. The van der Waals surface area contributed by atoms with Crippen LogP contribution >= 0.6 is 11.6 Å². The molecule has 0 amide bonds. The average molecular weight is 322 g/mol. The number of esters is 2. The number of para-hydroxylation sites is 1. The molecular formula is C16H16ClNO4. The van der Waals surface area contributed by atoms with Crippen molar-refractivity contribution in [3.05, 3.63) is 41.0 Å². The van der Waals surface area contributed by atoms with E-state index in [4.69, 9.17) is 21.1 Å². The Morgan fingerprint density at radius 1 is 1.14 bits per heavy atom. The standard InChI is InChI=1S/C16H16ClNO4/c1-3-21-15(19)13(16(20)22-4-2)11-9-18-12-8-6-5-7-10(12)14(11)17/h5-9,13H,3-4H2,1-2H3. The van der Waals surface area contributed by atoms with Crippen molar-refractivity contribution < 1.29 is 19.1 Å². The Hall–Kier alpha value is -2.14. The van der Waals surface area contributed by atoms with Gasteiger partial charge in [0.1, 0.15) is 0 Å². The molecular weight excluding hydrogens is 306 g/mol. The van der Waals surface area contributed by atoms with Gasteiger partial charge in [0.2, 0.25) is 0 Å². The van der Waals surface area contributed by atoms with Crippen LogP contribution in [0.4, 0.5) is 0 Å². The number of hydrogen-bond donors (Lipinski definition) is 0. The molecule has 0 aliphatic carbocycles. The molecule has 0 aliphatic rings. The van der Waals surface area contributed by atoms with Crippen LogP contribution in [0.15, 0.2) is 30.5 Å². The predicted molar refractivity (Wildman–Crippen MR) is 82.8 cm³/mol. The van der Waals surface area contributed by atoms with Gasteiger partial charge in [-0.2, -0.15) is 0 Å². The zero-order chi connectivity index (χ0) is 16.1. The zero-order valence-electron chi connectivity index (χ0n) is 12.3. The van der Waals surface area contributed by atoms with E-state index in [0.717, 1.165) is 0 Å². The Labute approximate surface area is 133 Å². The Morgan fingerprint density at radius 3 is 2.32 bits per heavy atom. The third-order valence-electron chi connectivity index (χ3n) is 3.09. The second-order valence-corrected chi connectivity index (χ2v) is 4.86. The van der Waals surface area contributed by atoms with Gasteiger partial charge in [-0.1, -0.05) is 29.8 Å². The number of aromatic nitrogens is 1. The van der Waals surface area contributed by atoms with Gasteiger partial charge < -0.3 is 9.47 Å². The van der Waals surface area contributed by atoms with Crippen LogP contribution in [0.5, 0.6) is 0 Å². The van der Waals surface area contributed by atoms with Crippen LogP contribution in [0, 0.1) is 0 Å². The lowest BCUT2D eigenvalue weighted by Crippen LogP contribution is -2.26. The van der Waals surface area contributed by atoms with Gasteiger partial charge in [0.25, 0.3) is 0 Å². The molecule has 0 fully saturated rings. The monoisotopic (exact) mass is 321 g/mol. The molecule has 0 spiro atoms. The Bertz CT molecular complexity index is 684. The van der Waals surface area contributed by atoms with Gasteiger partial charge >= 0.3 is 11.9 Å². The summed E-state index contributed by atoms with van der Waals surface area (Å²) in [4.78, 5) is 28.5. The van der Waals surface area contributed by atoms with Crippen LogP contribution in [0.1, 0.15) is 25.3 Å². The molecule has 0 saturated carbocycles. The van der Waals surface area contributed by atoms with Crippen molar-refractivity contribution in [3.8, 4) is 0 Å². The van der Waals surface area contributed by atoms with Crippen LogP contribution in [-0.2, 0) is 19.1 Å². The molecule has 6 heteroatoms. The summed E-state index contributed by atoms with van der Waals surface area (Å²) in [6.45, 7) is 3.65. The average Bonchev–Trinajstić information content (AvgIpc) is 2.51. The second kappa shape index (κ2) is 7.22. The molecule has 0 N–H and O–H groups in total. The smallest absolute Gasteiger partial charge is 0.325 e. The van der Waals surface area contributed by atoms with Crippen LogP contribution in [0.2, 0.25) is 5.02 Å². The van der Waals surface area contributed by atoms with E-state index in [1.54, 1.807) is 26.0 Å². The molecule has 0 saturated heterocycles. The summed E-state index contributed by atoms with van der Waals surface area (Å²) in [5.41, 5.74) is 0.972. The lowest BCUT2D eigenvalue weighted by atomic mass is 9.99. The molecule has 116 valence electrons. The van der Waals surface area contributed by atoms with Gasteiger partial charge in [-0.25, -0.2) is 0 Å². The van der Waals surface area contributed by atoms with Gasteiger partial charge in [0.05, 0.1) is 23.8 Å². The van der Waals surface area contributed by atoms with Crippen LogP contribution in [0.3, 0.4) is 0 Å². The number of carbonyl (C=O) groups excluding carboxylic acids is 2. The number of ether oxygens (including phenoxy) is 2. The van der Waals surface area contributed by atoms with Gasteiger partial charge in [0, 0.05) is 17.1 Å². The number of halogens is 1. The summed E-state index contributed by atoms with van der Waals surface area (Å²) in [5, 5.41) is 0.969. The molecule has 22 heavy (non-hydrogen) atoms. The minimum Gasteiger partial charge on any atom is -0.465 e. The van der Waals surface area contributed by atoms with Crippen molar-refractivity contribution >= 4 is 34.4 Å². The fourth-order valence-electron chi connectivity index (χ4n) is 2.13. The van der Waals surface area contributed by atoms with Crippen molar-refractivity contribution in [1.82, 2.24) is 4.98 Å². The molecule has 1 aromatic heterocycles. The maximum Gasteiger partial charge on any atom is 0.325 e. The Morgan fingerprint density at radius 2 is 1.73 bits per heavy atom. The van der Waals surface area contributed by atoms with E-state index in [1.807, 2.05) is 12.1 Å². The number of pyridine rings is 1. The minimum atomic E-state index is -1.23. The van der Waals surface area contributed by atoms with Crippen molar-refractivity contribution in [2.24, 2.45) is 0 Å². The summed E-state index contributed by atoms with van der Waals surface area (Å²) in [6, 6.07) is 7.22. The molecule has 0 unspecified atom stereocenters. The molecule has 0 atom stereocenters. The van der Waals surface area contributed by atoms with E-state index < -0.39 is 17.9 Å². The summed E-state index contributed by atoms with van der Waals surface area (Å²) in [6.07, 6.45) is 1.42. The highest BCUT2D eigenvalue weighted by Crippen LogP contribution is 2.32. The highest BCUT2D eigenvalue weighted by atomic mass is 35.5. The number of fused-ring (bicyclic) bond motifs is 1. The van der Waals surface area contributed by atoms with E-state index in [2.05, 4.69) is 4.98 Å². The topological polar surface area (TPSA) is 65.5 Å². The lowest BCUT2D eigenvalue weighted by Gasteiger charge is -2.16. The SMILES string of the molecule is CCOC(=O)C(C(=O)OCC)c1cnc2ccccc2c1Cl. The number of rotatable bonds is 5. The van der Waals surface area contributed by atoms with E-state index >= 15 is 0 Å². The number of nitrogens with zero attached hydrogens (tertiary/aromatic N) is 1. The van der Waals surface area contributed by atoms with Gasteiger partial charge in [-0.15, -0.1) is 0 Å². The molecule has 0 bridgehead atoms. The van der Waals surface area contributed by atoms with Crippen LogP contribution in [-0.4, -0.2) is 30.1 Å². The van der Waals surface area contributed by atoms with Gasteiger partial charge in [-0.05, 0) is 19.9 Å². The normalized spacial score (nSPS) is 10.7. The first-order chi connectivity index (χ1) is 10.6. The summed E-state index contributed by atoms with van der Waals surface area (Å²) in [5.74, 6) is -2.62. The lowest BCUT2D eigenvalue weighted by molar-refractivity contribution is -0.156. The number of hydrogen-bond acceptors (Lipinski definition) is 5. The molecule has 0 radical (unpaired) electrons. The van der Waals surface area contributed by atoms with Crippen LogP contribution in [0.25, 0.3) is 10.9 Å². The largest absolute Gasteiger partial charge is 0.465 e. The third-order valence-corrected chi connectivity index (χ3v) is 3.51. The van der Waals surface area contributed by atoms with Crippen molar-refractivity contribution in [2.75, 3.05) is 13.2 Å². The van der Waals surface area contributed by atoms with Crippen molar-refractivity contribution in [3.63, 3.8) is 0 Å². The first-order valence-electron chi connectivity index (χ1n) is 6.96. The molecule has 2 aromatic rings. The first kappa shape index (κ1) is 16.2. The molecule has 1 heterocycles. The Kier molecular flexibility index (Phi) is 5.33. The van der Waals surface area contributed by atoms with Gasteiger partial charge in [0.15, 0.2) is 5.92 Å². The summed E-state index contributed by atoms with van der Waals surface area (Å²) >= 11 is 6.37. The van der Waals surface area contributed by atoms with E-state index in [9.17, 15) is 9.59 Å². The highest BCUT2D eigenvalue weighted by molar-refractivity contribution is 6.36. The molecule has 1 aromatic carbocycles. The van der Waals surface area contributed by atoms with E-state index in [-0.39, 0.29) is 18.8 Å².